The van der Waals surface area contributed by atoms with Gasteiger partial charge in [0.1, 0.15) is 5.60 Å². The first-order valence-corrected chi connectivity index (χ1v) is 8.79. The van der Waals surface area contributed by atoms with E-state index in [9.17, 15) is 9.59 Å². The number of alkyl carbamates (subject to hydrolysis) is 1. The van der Waals surface area contributed by atoms with Crippen molar-refractivity contribution in [1.82, 2.24) is 15.5 Å². The lowest BCUT2D eigenvalue weighted by molar-refractivity contribution is 0.0523. The second-order valence-corrected chi connectivity index (χ2v) is 7.44. The first kappa shape index (κ1) is 18.6. The van der Waals surface area contributed by atoms with Crippen LogP contribution < -0.4 is 10.9 Å². The minimum Gasteiger partial charge on any atom is -0.444 e. The molecule has 3 rings (SSSR count). The number of aromatic nitrogens is 2. The number of H-pyrrole nitrogens is 1. The number of hydrogen-bond donors (Lipinski definition) is 2. The third-order valence-corrected chi connectivity index (χ3v) is 4.13. The molecule has 0 radical (unpaired) electrons. The topological polar surface area (TPSA) is 84.1 Å². The SMILES string of the molecule is Cc1cc(-c2n[nH]c(=O)c3ccccc23)ccc1CNC(=O)OC(C)(C)C. The average molecular weight is 365 g/mol. The van der Waals surface area contributed by atoms with E-state index in [0.29, 0.717) is 11.9 Å². The molecule has 0 aliphatic carbocycles. The molecule has 0 aliphatic heterocycles. The normalized spacial score (nSPS) is 11.4. The van der Waals surface area contributed by atoms with E-state index in [-0.39, 0.29) is 5.56 Å². The largest absolute Gasteiger partial charge is 0.444 e. The van der Waals surface area contributed by atoms with E-state index >= 15 is 0 Å². The third kappa shape index (κ3) is 4.34. The zero-order chi connectivity index (χ0) is 19.6. The molecule has 3 aromatic rings. The molecule has 0 unspecified atom stereocenters. The number of carbonyl (C=O) groups excluding carboxylic acids is 1. The van der Waals surface area contributed by atoms with Gasteiger partial charge in [-0.3, -0.25) is 4.79 Å². The summed E-state index contributed by atoms with van der Waals surface area (Å²) >= 11 is 0. The summed E-state index contributed by atoms with van der Waals surface area (Å²) < 4.78 is 5.26. The molecule has 0 spiro atoms. The summed E-state index contributed by atoms with van der Waals surface area (Å²) in [6.07, 6.45) is -0.445. The van der Waals surface area contributed by atoms with Gasteiger partial charge >= 0.3 is 6.09 Å². The Morgan fingerprint density at radius 2 is 1.85 bits per heavy atom. The Bertz CT molecular complexity index is 1050. The van der Waals surface area contributed by atoms with Crippen molar-refractivity contribution in [2.45, 2.75) is 39.8 Å². The van der Waals surface area contributed by atoms with Crippen LogP contribution in [0.2, 0.25) is 0 Å². The standard InChI is InChI=1S/C21H23N3O3/c1-13-11-14(9-10-15(13)12-22-20(26)27-21(2,3)4)18-16-7-5-6-8-17(16)19(25)24-23-18/h5-11H,12H2,1-4H3,(H,22,26)(H,24,25). The quantitative estimate of drug-likeness (QED) is 0.737. The molecule has 140 valence electrons. The number of amides is 1. The first-order chi connectivity index (χ1) is 12.7. The van der Waals surface area contributed by atoms with E-state index in [2.05, 4.69) is 15.5 Å². The second-order valence-electron chi connectivity index (χ2n) is 7.44. The van der Waals surface area contributed by atoms with Crippen LogP contribution in [0.4, 0.5) is 4.79 Å². The predicted octanol–water partition coefficient (Wildman–Crippen LogP) is 3.92. The molecule has 2 N–H and O–H groups in total. The molecule has 6 heteroatoms. The average Bonchev–Trinajstić information content (AvgIpc) is 2.60. The van der Waals surface area contributed by atoms with Gasteiger partial charge in [0.25, 0.3) is 5.56 Å². The lowest BCUT2D eigenvalue weighted by atomic mass is 10.00. The first-order valence-electron chi connectivity index (χ1n) is 8.79. The van der Waals surface area contributed by atoms with Crippen molar-refractivity contribution in [1.29, 1.82) is 0 Å². The maximum Gasteiger partial charge on any atom is 0.407 e. The van der Waals surface area contributed by atoms with Gasteiger partial charge in [0, 0.05) is 17.5 Å². The van der Waals surface area contributed by atoms with E-state index in [0.717, 1.165) is 27.8 Å². The van der Waals surface area contributed by atoms with Crippen LogP contribution in [0.15, 0.2) is 47.3 Å². The van der Waals surface area contributed by atoms with Gasteiger partial charge in [-0.05, 0) is 51.0 Å². The minimum absolute atomic E-state index is 0.204. The van der Waals surface area contributed by atoms with Crippen molar-refractivity contribution in [3.8, 4) is 11.3 Å². The van der Waals surface area contributed by atoms with Crippen LogP contribution in [0.25, 0.3) is 22.0 Å². The molecule has 1 aromatic heterocycles. The number of benzene rings is 2. The van der Waals surface area contributed by atoms with Gasteiger partial charge in [0.2, 0.25) is 0 Å². The molecule has 0 saturated heterocycles. The van der Waals surface area contributed by atoms with Gasteiger partial charge in [0.15, 0.2) is 0 Å². The van der Waals surface area contributed by atoms with E-state index in [1.54, 1.807) is 6.07 Å². The number of rotatable bonds is 3. The van der Waals surface area contributed by atoms with E-state index in [1.165, 1.54) is 0 Å². The second kappa shape index (κ2) is 7.23. The molecule has 1 heterocycles. The predicted molar refractivity (Wildman–Crippen MR) is 106 cm³/mol. The number of nitrogens with zero attached hydrogens (tertiary/aromatic N) is 1. The fourth-order valence-electron chi connectivity index (χ4n) is 2.86. The molecular weight excluding hydrogens is 342 g/mol. The maximum atomic E-state index is 12.0. The van der Waals surface area contributed by atoms with Gasteiger partial charge in [-0.25, -0.2) is 9.89 Å². The molecule has 27 heavy (non-hydrogen) atoms. The summed E-state index contributed by atoms with van der Waals surface area (Å²) in [4.78, 5) is 23.8. The van der Waals surface area contributed by atoms with Crippen LogP contribution in [-0.4, -0.2) is 21.9 Å². The van der Waals surface area contributed by atoms with Crippen LogP contribution in [0.5, 0.6) is 0 Å². The summed E-state index contributed by atoms with van der Waals surface area (Å²) in [5.41, 5.74) is 2.89. The Morgan fingerprint density at radius 3 is 2.52 bits per heavy atom. The summed E-state index contributed by atoms with van der Waals surface area (Å²) in [6.45, 7) is 7.83. The number of ether oxygens (including phenoxy) is 1. The highest BCUT2D eigenvalue weighted by molar-refractivity contribution is 5.93. The van der Waals surface area contributed by atoms with Crippen LogP contribution in [0.1, 0.15) is 31.9 Å². The lowest BCUT2D eigenvalue weighted by Gasteiger charge is -2.20. The molecule has 0 atom stereocenters. The van der Waals surface area contributed by atoms with Crippen LogP contribution in [0.3, 0.4) is 0 Å². The summed E-state index contributed by atoms with van der Waals surface area (Å²) in [5, 5.41) is 11.0. The van der Waals surface area contributed by atoms with Crippen LogP contribution in [0, 0.1) is 6.92 Å². The van der Waals surface area contributed by atoms with Crippen LogP contribution >= 0.6 is 0 Å². The third-order valence-electron chi connectivity index (χ3n) is 4.13. The number of carbonyl (C=O) groups is 1. The minimum atomic E-state index is -0.528. The highest BCUT2D eigenvalue weighted by Crippen LogP contribution is 2.26. The van der Waals surface area contributed by atoms with Gasteiger partial charge in [-0.1, -0.05) is 30.3 Å². The van der Waals surface area contributed by atoms with Crippen molar-refractivity contribution >= 4 is 16.9 Å². The Hall–Kier alpha value is -3.15. The lowest BCUT2D eigenvalue weighted by Crippen LogP contribution is -2.32. The Kier molecular flexibility index (Phi) is 4.99. The molecule has 0 fully saturated rings. The van der Waals surface area contributed by atoms with E-state index in [4.69, 9.17) is 4.74 Å². The maximum absolute atomic E-state index is 12.0. The van der Waals surface area contributed by atoms with E-state index < -0.39 is 11.7 Å². The molecule has 0 aliphatic rings. The summed E-state index contributed by atoms with van der Waals surface area (Å²) in [6, 6.07) is 13.3. The molecule has 0 bridgehead atoms. The van der Waals surface area contributed by atoms with Crippen molar-refractivity contribution < 1.29 is 9.53 Å². The van der Waals surface area contributed by atoms with Gasteiger partial charge in [0.05, 0.1) is 11.1 Å². The Morgan fingerprint density at radius 1 is 1.15 bits per heavy atom. The monoisotopic (exact) mass is 365 g/mol. The number of nitrogens with one attached hydrogen (secondary N) is 2. The highest BCUT2D eigenvalue weighted by Gasteiger charge is 2.16. The van der Waals surface area contributed by atoms with Crippen molar-refractivity contribution in [3.63, 3.8) is 0 Å². The smallest absolute Gasteiger partial charge is 0.407 e. The number of fused-ring (bicyclic) bond motifs is 1. The zero-order valence-electron chi connectivity index (χ0n) is 15.9. The molecule has 0 saturated carbocycles. The fraction of sp³-hybridized carbons (Fsp3) is 0.286. The van der Waals surface area contributed by atoms with Crippen LogP contribution in [-0.2, 0) is 11.3 Å². The van der Waals surface area contributed by atoms with E-state index in [1.807, 2.05) is 64.1 Å². The van der Waals surface area contributed by atoms with Gasteiger partial charge < -0.3 is 10.1 Å². The van der Waals surface area contributed by atoms with Crippen molar-refractivity contribution in [2.24, 2.45) is 0 Å². The molecule has 6 nitrogen and oxygen atoms in total. The highest BCUT2D eigenvalue weighted by atomic mass is 16.6. The van der Waals surface area contributed by atoms with Crippen molar-refractivity contribution in [2.75, 3.05) is 0 Å². The molecule has 2 aromatic carbocycles. The van der Waals surface area contributed by atoms with Gasteiger partial charge in [-0.15, -0.1) is 0 Å². The fourth-order valence-corrected chi connectivity index (χ4v) is 2.86. The number of aryl methyl sites for hydroxylation is 1. The Labute approximate surface area is 157 Å². The molecular formula is C21H23N3O3. The summed E-state index contributed by atoms with van der Waals surface area (Å²) in [5.74, 6) is 0. The number of hydrogen-bond acceptors (Lipinski definition) is 4. The van der Waals surface area contributed by atoms with Gasteiger partial charge in [-0.2, -0.15) is 5.10 Å². The molecule has 1 amide bonds. The van der Waals surface area contributed by atoms with Crippen molar-refractivity contribution in [3.05, 3.63) is 63.9 Å². The number of aromatic amines is 1. The summed E-state index contributed by atoms with van der Waals surface area (Å²) in [7, 11) is 0. The Balaban J connectivity index is 1.85. The zero-order valence-corrected chi connectivity index (χ0v) is 15.9.